The molecule has 2 aromatic rings. The maximum Gasteiger partial charge on any atom is 0.283 e. The van der Waals surface area contributed by atoms with E-state index in [9.17, 15) is 9.59 Å². The Hall–Kier alpha value is -2.86. The van der Waals surface area contributed by atoms with Crippen LogP contribution in [-0.2, 0) is 9.59 Å². The molecule has 2 amide bonds. The van der Waals surface area contributed by atoms with E-state index in [0.717, 1.165) is 16.8 Å². The summed E-state index contributed by atoms with van der Waals surface area (Å²) in [6.07, 6.45) is 1.80. The molecule has 0 atom stereocenters. The number of hydrogen-bond donors (Lipinski definition) is 0. The van der Waals surface area contributed by atoms with E-state index in [-0.39, 0.29) is 17.6 Å². The van der Waals surface area contributed by atoms with Crippen LogP contribution in [0.2, 0.25) is 0 Å². The SMILES string of the molecule is Cc1ccc(N2C(=O)/C(=C/c3ccc(C(C)C)cc3)N=C2SCC(=O)N(C)C)cc1. The molecule has 1 aliphatic rings. The molecule has 30 heavy (non-hydrogen) atoms. The first-order valence-corrected chi connectivity index (χ1v) is 10.9. The molecule has 0 radical (unpaired) electrons. The van der Waals surface area contributed by atoms with Crippen molar-refractivity contribution in [3.8, 4) is 0 Å². The molecule has 156 valence electrons. The van der Waals surface area contributed by atoms with E-state index in [2.05, 4.69) is 31.0 Å². The predicted octanol–water partition coefficient (Wildman–Crippen LogP) is 4.68. The van der Waals surface area contributed by atoms with E-state index in [0.29, 0.717) is 16.8 Å². The highest BCUT2D eigenvalue weighted by molar-refractivity contribution is 8.14. The summed E-state index contributed by atoms with van der Waals surface area (Å²) in [5, 5.41) is 0.518. The number of carbonyl (C=O) groups is 2. The summed E-state index contributed by atoms with van der Waals surface area (Å²) in [5.74, 6) is 0.456. The zero-order chi connectivity index (χ0) is 21.8. The first kappa shape index (κ1) is 21.8. The van der Waals surface area contributed by atoms with Crippen molar-refractivity contribution in [3.05, 3.63) is 70.9 Å². The first-order valence-electron chi connectivity index (χ1n) is 9.90. The average Bonchev–Trinajstić information content (AvgIpc) is 3.02. The number of hydrogen-bond acceptors (Lipinski definition) is 4. The second kappa shape index (κ2) is 9.30. The minimum atomic E-state index is -0.188. The number of nitrogens with zero attached hydrogens (tertiary/aromatic N) is 3. The summed E-state index contributed by atoms with van der Waals surface area (Å²) in [6.45, 7) is 6.30. The highest BCUT2D eigenvalue weighted by Crippen LogP contribution is 2.30. The number of carbonyl (C=O) groups excluding carboxylic acids is 2. The molecule has 0 aromatic heterocycles. The minimum Gasteiger partial charge on any atom is -0.348 e. The molecule has 5 nitrogen and oxygen atoms in total. The molecule has 0 fully saturated rings. The summed E-state index contributed by atoms with van der Waals surface area (Å²) in [6, 6.07) is 15.9. The van der Waals surface area contributed by atoms with Gasteiger partial charge in [0.05, 0.1) is 11.4 Å². The van der Waals surface area contributed by atoms with Gasteiger partial charge in [0.25, 0.3) is 5.91 Å². The molecule has 0 saturated heterocycles. The van der Waals surface area contributed by atoms with Crippen LogP contribution in [0.5, 0.6) is 0 Å². The normalized spacial score (nSPS) is 15.1. The van der Waals surface area contributed by atoms with Crippen LogP contribution in [0.1, 0.15) is 36.5 Å². The number of aliphatic imine (C=N–C) groups is 1. The topological polar surface area (TPSA) is 53.0 Å². The van der Waals surface area contributed by atoms with Crippen LogP contribution in [0.25, 0.3) is 6.08 Å². The van der Waals surface area contributed by atoms with Gasteiger partial charge in [-0.3, -0.25) is 14.5 Å². The summed E-state index contributed by atoms with van der Waals surface area (Å²) < 4.78 is 0. The Balaban J connectivity index is 1.92. The van der Waals surface area contributed by atoms with E-state index in [1.807, 2.05) is 43.3 Å². The summed E-state index contributed by atoms with van der Waals surface area (Å²) in [4.78, 5) is 33.0. The number of amides is 2. The van der Waals surface area contributed by atoms with Gasteiger partial charge in [0.2, 0.25) is 5.91 Å². The molecule has 1 aliphatic heterocycles. The van der Waals surface area contributed by atoms with Gasteiger partial charge in [0.15, 0.2) is 5.17 Å². The fourth-order valence-corrected chi connectivity index (χ4v) is 3.90. The van der Waals surface area contributed by atoms with E-state index in [4.69, 9.17) is 0 Å². The van der Waals surface area contributed by atoms with Crippen LogP contribution in [0.15, 0.2) is 59.2 Å². The van der Waals surface area contributed by atoms with Crippen LogP contribution in [-0.4, -0.2) is 41.7 Å². The Labute approximate surface area is 182 Å². The van der Waals surface area contributed by atoms with Crippen LogP contribution in [0, 0.1) is 6.92 Å². The molecule has 6 heteroatoms. The molecule has 0 aliphatic carbocycles. The number of benzene rings is 2. The lowest BCUT2D eigenvalue weighted by atomic mass is 10.0. The zero-order valence-electron chi connectivity index (χ0n) is 18.0. The molecular formula is C24H27N3O2S. The third-order valence-electron chi connectivity index (χ3n) is 4.85. The Morgan fingerprint density at radius 1 is 1.10 bits per heavy atom. The van der Waals surface area contributed by atoms with E-state index < -0.39 is 0 Å². The van der Waals surface area contributed by atoms with Crippen LogP contribution in [0.4, 0.5) is 5.69 Å². The maximum atomic E-state index is 13.2. The maximum absolute atomic E-state index is 13.2. The van der Waals surface area contributed by atoms with Crippen molar-refractivity contribution in [1.82, 2.24) is 4.90 Å². The molecule has 2 aromatic carbocycles. The summed E-state index contributed by atoms with van der Waals surface area (Å²) >= 11 is 1.28. The standard InChI is InChI=1S/C24H27N3O2S/c1-16(2)19-10-8-18(9-11-19)14-21-23(29)27(20-12-6-17(3)7-13-20)24(25-21)30-15-22(28)26(4)5/h6-14,16H,15H2,1-5H3/b21-14-. The second-order valence-corrected chi connectivity index (χ2v) is 8.74. The van der Waals surface area contributed by atoms with Crippen molar-refractivity contribution >= 4 is 40.5 Å². The molecule has 3 rings (SSSR count). The van der Waals surface area contributed by atoms with Crippen molar-refractivity contribution in [3.63, 3.8) is 0 Å². The van der Waals surface area contributed by atoms with Gasteiger partial charge >= 0.3 is 0 Å². The van der Waals surface area contributed by atoms with E-state index >= 15 is 0 Å². The molecule has 0 N–H and O–H groups in total. The molecular weight excluding hydrogens is 394 g/mol. The van der Waals surface area contributed by atoms with Crippen molar-refractivity contribution < 1.29 is 9.59 Å². The molecule has 0 spiro atoms. The predicted molar refractivity (Wildman–Crippen MR) is 126 cm³/mol. The summed E-state index contributed by atoms with van der Waals surface area (Å²) in [5.41, 5.74) is 4.39. The Morgan fingerprint density at radius 2 is 1.73 bits per heavy atom. The minimum absolute atomic E-state index is 0.0271. The summed E-state index contributed by atoms with van der Waals surface area (Å²) in [7, 11) is 3.43. The Morgan fingerprint density at radius 3 is 2.30 bits per heavy atom. The molecule has 0 bridgehead atoms. The fraction of sp³-hybridized carbons (Fsp3) is 0.292. The molecule has 1 heterocycles. The van der Waals surface area contributed by atoms with E-state index in [1.54, 1.807) is 25.1 Å². The first-order chi connectivity index (χ1) is 14.3. The largest absolute Gasteiger partial charge is 0.348 e. The Kier molecular flexibility index (Phi) is 6.77. The average molecular weight is 422 g/mol. The van der Waals surface area contributed by atoms with Gasteiger partial charge in [-0.15, -0.1) is 0 Å². The van der Waals surface area contributed by atoms with Crippen molar-refractivity contribution in [2.45, 2.75) is 26.7 Å². The lowest BCUT2D eigenvalue weighted by molar-refractivity contribution is -0.125. The van der Waals surface area contributed by atoms with Gasteiger partial charge in [-0.1, -0.05) is 67.6 Å². The van der Waals surface area contributed by atoms with Gasteiger partial charge in [-0.05, 0) is 42.2 Å². The van der Waals surface area contributed by atoms with Gasteiger partial charge < -0.3 is 4.90 Å². The number of anilines is 1. The third kappa shape index (κ3) is 5.00. The number of thioether (sulfide) groups is 1. The van der Waals surface area contributed by atoms with E-state index in [1.165, 1.54) is 22.2 Å². The lowest BCUT2D eigenvalue weighted by Crippen LogP contribution is -2.32. The van der Waals surface area contributed by atoms with Crippen LogP contribution in [0.3, 0.4) is 0 Å². The van der Waals surface area contributed by atoms with Gasteiger partial charge in [-0.2, -0.15) is 0 Å². The quantitative estimate of drug-likeness (QED) is 0.659. The van der Waals surface area contributed by atoms with Gasteiger partial charge in [0.1, 0.15) is 5.70 Å². The van der Waals surface area contributed by atoms with Gasteiger partial charge in [0, 0.05) is 14.1 Å². The third-order valence-corrected chi connectivity index (χ3v) is 5.78. The number of aryl methyl sites for hydroxylation is 1. The smallest absolute Gasteiger partial charge is 0.283 e. The molecule has 0 unspecified atom stereocenters. The van der Waals surface area contributed by atoms with Crippen molar-refractivity contribution in [2.75, 3.05) is 24.7 Å². The highest BCUT2D eigenvalue weighted by atomic mass is 32.2. The number of amidine groups is 1. The van der Waals surface area contributed by atoms with Crippen LogP contribution >= 0.6 is 11.8 Å². The number of rotatable bonds is 5. The Bertz CT molecular complexity index is 990. The zero-order valence-corrected chi connectivity index (χ0v) is 18.9. The lowest BCUT2D eigenvalue weighted by Gasteiger charge is -2.18. The van der Waals surface area contributed by atoms with Crippen molar-refractivity contribution in [2.24, 2.45) is 4.99 Å². The second-order valence-electron chi connectivity index (χ2n) is 7.80. The van der Waals surface area contributed by atoms with Gasteiger partial charge in [-0.25, -0.2) is 4.99 Å². The fourth-order valence-electron chi connectivity index (χ4n) is 2.91. The highest BCUT2D eigenvalue weighted by Gasteiger charge is 2.32. The monoisotopic (exact) mass is 421 g/mol. The van der Waals surface area contributed by atoms with Crippen molar-refractivity contribution in [1.29, 1.82) is 0 Å². The van der Waals surface area contributed by atoms with Crippen LogP contribution < -0.4 is 4.90 Å². The molecule has 0 saturated carbocycles.